The maximum atomic E-state index is 5.43. The summed E-state index contributed by atoms with van der Waals surface area (Å²) in [6.45, 7) is 3.37. The highest BCUT2D eigenvalue weighted by atomic mass is 127. The number of hydrogen-bond donors (Lipinski definition) is 1. The number of hydrogen-bond acceptors (Lipinski definition) is 3. The normalized spacial score (nSPS) is 21.1. The van der Waals surface area contributed by atoms with Crippen LogP contribution in [0.2, 0.25) is 0 Å². The van der Waals surface area contributed by atoms with E-state index in [1.165, 1.54) is 31.2 Å². The summed E-state index contributed by atoms with van der Waals surface area (Å²) in [5.74, 6) is 2.69. The molecule has 1 aliphatic carbocycles. The van der Waals surface area contributed by atoms with Gasteiger partial charge in [-0.25, -0.2) is 0 Å². The van der Waals surface area contributed by atoms with Crippen molar-refractivity contribution in [1.29, 1.82) is 0 Å². The SMILES string of the molecule is CN=C(NCc1ccc2c(c1)OCO2)N1CCC2(CCC2)C1.I. The number of ether oxygens (including phenoxy) is 2. The molecular formula is C17H24IN3O2. The van der Waals surface area contributed by atoms with Crippen LogP contribution < -0.4 is 14.8 Å². The summed E-state index contributed by atoms with van der Waals surface area (Å²) in [5.41, 5.74) is 1.78. The molecule has 1 spiro atoms. The molecule has 6 heteroatoms. The highest BCUT2D eigenvalue weighted by Gasteiger charge is 2.43. The number of aliphatic imine (C=N–C) groups is 1. The van der Waals surface area contributed by atoms with Gasteiger partial charge in [-0.05, 0) is 42.4 Å². The lowest BCUT2D eigenvalue weighted by Crippen LogP contribution is -2.42. The minimum atomic E-state index is 0. The van der Waals surface area contributed by atoms with E-state index in [1.807, 2.05) is 19.2 Å². The van der Waals surface area contributed by atoms with Crippen LogP contribution in [-0.4, -0.2) is 37.8 Å². The Balaban J connectivity index is 0.00000156. The molecule has 0 aromatic heterocycles. The topological polar surface area (TPSA) is 46.1 Å². The molecule has 2 heterocycles. The Morgan fingerprint density at radius 1 is 1.26 bits per heavy atom. The van der Waals surface area contributed by atoms with Crippen molar-refractivity contribution in [3.63, 3.8) is 0 Å². The summed E-state index contributed by atoms with van der Waals surface area (Å²) >= 11 is 0. The fourth-order valence-corrected chi connectivity index (χ4v) is 3.77. The highest BCUT2D eigenvalue weighted by molar-refractivity contribution is 14.0. The molecule has 1 N–H and O–H groups in total. The first-order valence-electron chi connectivity index (χ1n) is 8.12. The van der Waals surface area contributed by atoms with Crippen molar-refractivity contribution in [3.05, 3.63) is 23.8 Å². The Morgan fingerprint density at radius 3 is 2.78 bits per heavy atom. The van der Waals surface area contributed by atoms with Gasteiger partial charge in [0.1, 0.15) is 0 Å². The molecule has 0 atom stereocenters. The maximum Gasteiger partial charge on any atom is 0.231 e. The third-order valence-corrected chi connectivity index (χ3v) is 5.25. The molecule has 126 valence electrons. The van der Waals surface area contributed by atoms with Crippen LogP contribution in [-0.2, 0) is 6.54 Å². The molecule has 1 aromatic carbocycles. The lowest BCUT2D eigenvalue weighted by Gasteiger charge is -2.38. The highest BCUT2D eigenvalue weighted by Crippen LogP contribution is 2.47. The summed E-state index contributed by atoms with van der Waals surface area (Å²) in [6, 6.07) is 6.09. The van der Waals surface area contributed by atoms with E-state index in [-0.39, 0.29) is 24.0 Å². The monoisotopic (exact) mass is 429 g/mol. The van der Waals surface area contributed by atoms with E-state index in [2.05, 4.69) is 21.3 Å². The molecule has 1 saturated carbocycles. The second-order valence-electron chi connectivity index (χ2n) is 6.61. The molecule has 1 aromatic rings. The summed E-state index contributed by atoms with van der Waals surface area (Å²) in [4.78, 5) is 6.87. The quantitative estimate of drug-likeness (QED) is 0.446. The Hall–Kier alpha value is -1.18. The molecule has 2 aliphatic heterocycles. The van der Waals surface area contributed by atoms with Crippen molar-refractivity contribution >= 4 is 29.9 Å². The number of guanidine groups is 1. The zero-order chi connectivity index (χ0) is 15.0. The first-order chi connectivity index (χ1) is 10.8. The molecule has 0 radical (unpaired) electrons. The van der Waals surface area contributed by atoms with Gasteiger partial charge >= 0.3 is 0 Å². The fourth-order valence-electron chi connectivity index (χ4n) is 3.77. The smallest absolute Gasteiger partial charge is 0.231 e. The first kappa shape index (κ1) is 16.7. The van der Waals surface area contributed by atoms with Gasteiger partial charge in [0.2, 0.25) is 6.79 Å². The van der Waals surface area contributed by atoms with Crippen LogP contribution in [0, 0.1) is 5.41 Å². The minimum Gasteiger partial charge on any atom is -0.454 e. The third kappa shape index (κ3) is 3.22. The van der Waals surface area contributed by atoms with E-state index in [1.54, 1.807) is 0 Å². The molecular weight excluding hydrogens is 405 g/mol. The van der Waals surface area contributed by atoms with Crippen LogP contribution in [0.25, 0.3) is 0 Å². The molecule has 1 saturated heterocycles. The van der Waals surface area contributed by atoms with E-state index in [0.29, 0.717) is 12.2 Å². The van der Waals surface area contributed by atoms with Gasteiger partial charge in [-0.2, -0.15) is 0 Å². The lowest BCUT2D eigenvalue weighted by molar-refractivity contribution is 0.151. The molecule has 5 nitrogen and oxygen atoms in total. The number of nitrogens with one attached hydrogen (secondary N) is 1. The van der Waals surface area contributed by atoms with Crippen LogP contribution >= 0.6 is 24.0 Å². The third-order valence-electron chi connectivity index (χ3n) is 5.25. The van der Waals surface area contributed by atoms with Gasteiger partial charge in [0, 0.05) is 26.7 Å². The molecule has 2 fully saturated rings. The predicted molar refractivity (Wildman–Crippen MR) is 101 cm³/mol. The van der Waals surface area contributed by atoms with Crippen molar-refractivity contribution < 1.29 is 9.47 Å². The van der Waals surface area contributed by atoms with Crippen molar-refractivity contribution in [2.75, 3.05) is 26.9 Å². The molecule has 3 aliphatic rings. The van der Waals surface area contributed by atoms with Crippen LogP contribution in [0.4, 0.5) is 0 Å². The Morgan fingerprint density at radius 2 is 2.09 bits per heavy atom. The van der Waals surface area contributed by atoms with Gasteiger partial charge in [-0.3, -0.25) is 4.99 Å². The average molecular weight is 429 g/mol. The number of nitrogens with zero attached hydrogens (tertiary/aromatic N) is 2. The zero-order valence-corrected chi connectivity index (χ0v) is 15.8. The molecule has 4 rings (SSSR count). The van der Waals surface area contributed by atoms with Crippen LogP contribution in [0.3, 0.4) is 0 Å². The summed E-state index contributed by atoms with van der Waals surface area (Å²) in [6.07, 6.45) is 5.50. The van der Waals surface area contributed by atoms with E-state index < -0.39 is 0 Å². The average Bonchev–Trinajstić information content (AvgIpc) is 3.13. The van der Waals surface area contributed by atoms with E-state index in [9.17, 15) is 0 Å². The van der Waals surface area contributed by atoms with E-state index in [4.69, 9.17) is 9.47 Å². The van der Waals surface area contributed by atoms with E-state index in [0.717, 1.165) is 37.1 Å². The minimum absolute atomic E-state index is 0. The number of fused-ring (bicyclic) bond motifs is 1. The summed E-state index contributed by atoms with van der Waals surface area (Å²) < 4.78 is 10.8. The van der Waals surface area contributed by atoms with Gasteiger partial charge in [-0.1, -0.05) is 12.5 Å². The van der Waals surface area contributed by atoms with Crippen molar-refractivity contribution in [2.24, 2.45) is 10.4 Å². The largest absolute Gasteiger partial charge is 0.454 e. The van der Waals surface area contributed by atoms with Crippen molar-refractivity contribution in [2.45, 2.75) is 32.2 Å². The van der Waals surface area contributed by atoms with Crippen molar-refractivity contribution in [3.8, 4) is 11.5 Å². The predicted octanol–water partition coefficient (Wildman–Crippen LogP) is 2.98. The van der Waals surface area contributed by atoms with Crippen molar-refractivity contribution in [1.82, 2.24) is 10.2 Å². The number of halogens is 1. The van der Waals surface area contributed by atoms with Crippen LogP contribution in [0.5, 0.6) is 11.5 Å². The van der Waals surface area contributed by atoms with Gasteiger partial charge in [0.05, 0.1) is 0 Å². The van der Waals surface area contributed by atoms with Gasteiger partial charge < -0.3 is 19.7 Å². The second-order valence-corrected chi connectivity index (χ2v) is 6.61. The molecule has 0 amide bonds. The van der Waals surface area contributed by atoms with Gasteiger partial charge in [-0.15, -0.1) is 24.0 Å². The zero-order valence-electron chi connectivity index (χ0n) is 13.5. The van der Waals surface area contributed by atoms with Gasteiger partial charge in [0.25, 0.3) is 0 Å². The summed E-state index contributed by atoms with van der Waals surface area (Å²) in [5, 5.41) is 3.48. The Kier molecular flexibility index (Phi) is 4.89. The van der Waals surface area contributed by atoms with Crippen LogP contribution in [0.15, 0.2) is 23.2 Å². The van der Waals surface area contributed by atoms with E-state index >= 15 is 0 Å². The Labute approximate surface area is 154 Å². The second kappa shape index (κ2) is 6.75. The molecule has 23 heavy (non-hydrogen) atoms. The first-order valence-corrected chi connectivity index (χ1v) is 8.12. The number of likely N-dealkylation sites (tertiary alicyclic amines) is 1. The summed E-state index contributed by atoms with van der Waals surface area (Å²) in [7, 11) is 1.87. The van der Waals surface area contributed by atoms with Crippen LogP contribution in [0.1, 0.15) is 31.2 Å². The standard InChI is InChI=1S/C17H23N3O2.HI/c1-18-16(20-8-7-17(11-20)5-2-6-17)19-10-13-3-4-14-15(9-13)22-12-21-14;/h3-4,9H,2,5-8,10-12H2,1H3,(H,18,19);1H. The maximum absolute atomic E-state index is 5.43. The lowest BCUT2D eigenvalue weighted by atomic mass is 9.68. The molecule has 0 bridgehead atoms. The number of benzene rings is 1. The number of rotatable bonds is 2. The fraction of sp³-hybridized carbons (Fsp3) is 0.588. The Bertz CT molecular complexity index is 602. The molecule has 0 unspecified atom stereocenters. The van der Waals surface area contributed by atoms with Gasteiger partial charge in [0.15, 0.2) is 17.5 Å².